The lowest BCUT2D eigenvalue weighted by Gasteiger charge is -2.53. The fourth-order valence-electron chi connectivity index (χ4n) is 5.93. The second kappa shape index (κ2) is 10.8. The molecular formula is C32H53NO5. The quantitative estimate of drug-likeness (QED) is 0.278. The largest absolute Gasteiger partial charge is 0.507 e. The topological polar surface area (TPSA) is 87.1 Å². The average molecular weight is 532 g/mol. The Kier molecular flexibility index (Phi) is 9.15. The van der Waals surface area contributed by atoms with Gasteiger partial charge in [0.05, 0.1) is 0 Å². The van der Waals surface area contributed by atoms with Gasteiger partial charge in [0, 0.05) is 23.9 Å². The summed E-state index contributed by atoms with van der Waals surface area (Å²) in [6, 6.07) is 3.76. The lowest BCUT2D eigenvalue weighted by Crippen LogP contribution is -2.60. The molecule has 0 aromatic heterocycles. The average Bonchev–Trinajstić information content (AvgIpc) is 2.73. The van der Waals surface area contributed by atoms with E-state index >= 15 is 0 Å². The number of carboxylic acid groups (broad SMARTS) is 1. The Morgan fingerprint density at radius 3 is 1.79 bits per heavy atom. The van der Waals surface area contributed by atoms with E-state index in [2.05, 4.69) is 39.6 Å². The van der Waals surface area contributed by atoms with E-state index in [4.69, 9.17) is 4.74 Å². The van der Waals surface area contributed by atoms with Crippen molar-refractivity contribution in [1.29, 1.82) is 0 Å². The van der Waals surface area contributed by atoms with Crippen LogP contribution in [-0.4, -0.2) is 51.3 Å². The summed E-state index contributed by atoms with van der Waals surface area (Å²) < 4.78 is 6.13. The molecule has 1 fully saturated rings. The van der Waals surface area contributed by atoms with E-state index in [-0.39, 0.29) is 46.6 Å². The number of phenols is 1. The highest BCUT2D eigenvalue weighted by Crippen LogP contribution is 2.43. The van der Waals surface area contributed by atoms with Crippen LogP contribution in [0.3, 0.4) is 0 Å². The van der Waals surface area contributed by atoms with Gasteiger partial charge in [-0.05, 0) is 75.1 Å². The predicted octanol–water partition coefficient (Wildman–Crippen LogP) is 6.99. The number of esters is 1. The molecule has 0 aliphatic carbocycles. The van der Waals surface area contributed by atoms with Gasteiger partial charge in [0.25, 0.3) is 0 Å². The first-order valence-electron chi connectivity index (χ1n) is 14.1. The number of carboxylic acids is 1. The number of phenolic OH excluding ortho intramolecular Hbond substituents is 1. The molecule has 2 N–H and O–H groups in total. The van der Waals surface area contributed by atoms with Crippen LogP contribution in [0.15, 0.2) is 12.1 Å². The first kappa shape index (κ1) is 32.1. The van der Waals surface area contributed by atoms with Crippen molar-refractivity contribution in [1.82, 2.24) is 4.90 Å². The molecule has 1 aliphatic heterocycles. The van der Waals surface area contributed by atoms with Crippen molar-refractivity contribution in [3.8, 4) is 5.75 Å². The smallest absolute Gasteiger partial charge is 0.324 e. The van der Waals surface area contributed by atoms with Gasteiger partial charge in [-0.1, -0.05) is 73.4 Å². The number of carbonyl (C=O) groups excluding carboxylic acids is 1. The molecule has 0 bridgehead atoms. The number of ether oxygens (including phenoxy) is 1. The molecule has 0 spiro atoms. The van der Waals surface area contributed by atoms with E-state index in [1.54, 1.807) is 0 Å². The minimum Gasteiger partial charge on any atom is -0.507 e. The predicted molar refractivity (Wildman–Crippen MR) is 154 cm³/mol. The van der Waals surface area contributed by atoms with Gasteiger partial charge in [-0.25, -0.2) is 0 Å². The zero-order valence-electron chi connectivity index (χ0n) is 26.0. The normalized spacial score (nSPS) is 20.1. The number of hydrogen-bond donors (Lipinski definition) is 2. The molecule has 0 amide bonds. The molecule has 1 atom stereocenters. The van der Waals surface area contributed by atoms with Crippen LogP contribution in [0.1, 0.15) is 125 Å². The highest BCUT2D eigenvalue weighted by molar-refractivity contribution is 5.99. The van der Waals surface area contributed by atoms with Gasteiger partial charge >= 0.3 is 11.9 Å². The fourth-order valence-corrected chi connectivity index (χ4v) is 5.93. The van der Waals surface area contributed by atoms with Gasteiger partial charge in [0.1, 0.15) is 11.9 Å². The molecule has 2 rings (SSSR count). The molecule has 216 valence electrons. The van der Waals surface area contributed by atoms with E-state index in [1.807, 2.05) is 60.6 Å². The van der Waals surface area contributed by atoms with Crippen molar-refractivity contribution >= 4 is 11.9 Å². The number of rotatable bonds is 8. The first-order chi connectivity index (χ1) is 17.1. The van der Waals surface area contributed by atoms with Crippen molar-refractivity contribution in [2.45, 2.75) is 143 Å². The second-order valence-corrected chi connectivity index (χ2v) is 14.8. The Morgan fingerprint density at radius 2 is 1.42 bits per heavy atom. The number of nitrogens with zero attached hydrogens (tertiary/aromatic N) is 1. The zero-order chi connectivity index (χ0) is 29.5. The van der Waals surface area contributed by atoms with Gasteiger partial charge in [-0.2, -0.15) is 0 Å². The Balaban J connectivity index is 2.59. The molecule has 1 aliphatic rings. The van der Waals surface area contributed by atoms with Gasteiger partial charge in [0.2, 0.25) is 0 Å². The van der Waals surface area contributed by atoms with E-state index in [0.717, 1.165) is 23.1 Å². The first-order valence-corrected chi connectivity index (χ1v) is 14.1. The van der Waals surface area contributed by atoms with Crippen LogP contribution in [-0.2, 0) is 31.6 Å². The number of aromatic hydroxyl groups is 1. The highest BCUT2D eigenvalue weighted by atomic mass is 16.5. The number of unbranched alkanes of at least 4 members (excludes halogenated alkanes) is 1. The summed E-state index contributed by atoms with van der Waals surface area (Å²) in [4.78, 5) is 29.3. The molecule has 1 heterocycles. The molecule has 0 saturated carbocycles. The summed E-state index contributed by atoms with van der Waals surface area (Å²) >= 11 is 0. The summed E-state index contributed by atoms with van der Waals surface area (Å²) in [7, 11) is 2.09. The molecular weight excluding hydrogens is 478 g/mol. The van der Waals surface area contributed by atoms with Crippen molar-refractivity contribution in [2.75, 3.05) is 7.05 Å². The van der Waals surface area contributed by atoms with Crippen molar-refractivity contribution in [2.24, 2.45) is 5.41 Å². The van der Waals surface area contributed by atoms with Crippen LogP contribution >= 0.6 is 0 Å². The minimum atomic E-state index is -1.70. The summed E-state index contributed by atoms with van der Waals surface area (Å²) in [6.07, 6.45) is 2.52. The molecule has 0 radical (unpaired) electrons. The maximum atomic E-state index is 14.0. The van der Waals surface area contributed by atoms with E-state index in [9.17, 15) is 19.8 Å². The highest BCUT2D eigenvalue weighted by Gasteiger charge is 2.51. The maximum absolute atomic E-state index is 14.0. The van der Waals surface area contributed by atoms with E-state index in [0.29, 0.717) is 19.3 Å². The van der Waals surface area contributed by atoms with Crippen LogP contribution in [0.2, 0.25) is 0 Å². The zero-order valence-corrected chi connectivity index (χ0v) is 26.0. The minimum absolute atomic E-state index is 0.0208. The molecule has 6 nitrogen and oxygen atoms in total. The van der Waals surface area contributed by atoms with Crippen molar-refractivity contribution in [3.63, 3.8) is 0 Å². The van der Waals surface area contributed by atoms with Crippen LogP contribution in [0.25, 0.3) is 0 Å². The summed E-state index contributed by atoms with van der Waals surface area (Å²) in [6.45, 7) is 22.7. The lowest BCUT2D eigenvalue weighted by atomic mass is 9.73. The standard InChI is InChI=1S/C32H53NO5/c1-13-14-15-32(26(35)36,27(37)38-22-19-30(8,9)33(12)31(10,11)20-22)18-21-16-23(28(2,3)4)25(34)24(17-21)29(5,6)7/h16-17,22,34H,13-15,18-20H2,1-12H3,(H,35,36). The lowest BCUT2D eigenvalue weighted by molar-refractivity contribution is -0.179. The van der Waals surface area contributed by atoms with Crippen LogP contribution < -0.4 is 0 Å². The van der Waals surface area contributed by atoms with Gasteiger partial charge < -0.3 is 14.9 Å². The van der Waals surface area contributed by atoms with Crippen molar-refractivity contribution < 1.29 is 24.5 Å². The van der Waals surface area contributed by atoms with Crippen LogP contribution in [0, 0.1) is 5.41 Å². The maximum Gasteiger partial charge on any atom is 0.324 e. The third-order valence-electron chi connectivity index (χ3n) is 8.59. The number of hydrogen-bond acceptors (Lipinski definition) is 5. The van der Waals surface area contributed by atoms with Crippen LogP contribution in [0.4, 0.5) is 0 Å². The third-order valence-corrected chi connectivity index (χ3v) is 8.59. The number of carbonyl (C=O) groups is 2. The molecule has 38 heavy (non-hydrogen) atoms. The Bertz CT molecular complexity index is 974. The van der Waals surface area contributed by atoms with Crippen LogP contribution in [0.5, 0.6) is 5.75 Å². The van der Waals surface area contributed by atoms with E-state index < -0.39 is 17.4 Å². The van der Waals surface area contributed by atoms with Crippen molar-refractivity contribution in [3.05, 3.63) is 28.8 Å². The Labute approximate surface area is 231 Å². The molecule has 1 saturated heterocycles. The second-order valence-electron chi connectivity index (χ2n) is 14.8. The number of aliphatic carboxylic acids is 1. The summed E-state index contributed by atoms with van der Waals surface area (Å²) in [5, 5.41) is 21.8. The molecule has 6 heteroatoms. The van der Waals surface area contributed by atoms with Gasteiger partial charge in [-0.3, -0.25) is 14.5 Å². The molecule has 1 aromatic rings. The van der Waals surface area contributed by atoms with Gasteiger partial charge in [0.15, 0.2) is 5.41 Å². The third kappa shape index (κ3) is 6.73. The summed E-state index contributed by atoms with van der Waals surface area (Å²) in [5.74, 6) is -1.56. The SMILES string of the molecule is CCCCC(Cc1cc(C(C)(C)C)c(O)c(C(C)(C)C)c1)(C(=O)O)C(=O)OC1CC(C)(C)N(C)C(C)(C)C1. The fraction of sp³-hybridized carbons (Fsp3) is 0.750. The Hall–Kier alpha value is -2.08. The number of benzene rings is 1. The van der Waals surface area contributed by atoms with E-state index in [1.165, 1.54) is 0 Å². The molecule has 1 aromatic carbocycles. The Morgan fingerprint density at radius 1 is 0.974 bits per heavy atom. The number of likely N-dealkylation sites (tertiary alicyclic amines) is 1. The van der Waals surface area contributed by atoms with Gasteiger partial charge in [-0.15, -0.1) is 0 Å². The monoisotopic (exact) mass is 531 g/mol. The summed E-state index contributed by atoms with van der Waals surface area (Å²) in [5.41, 5.74) is -0.567. The molecule has 1 unspecified atom stereocenters. The number of piperidine rings is 1.